The lowest BCUT2D eigenvalue weighted by Crippen LogP contribution is -2.40. The summed E-state index contributed by atoms with van der Waals surface area (Å²) in [5, 5.41) is 4.66. The zero-order valence-corrected chi connectivity index (χ0v) is 18.6. The van der Waals surface area contributed by atoms with E-state index < -0.39 is 0 Å². The van der Waals surface area contributed by atoms with Gasteiger partial charge in [0.25, 0.3) is 0 Å². The Hall–Kier alpha value is -1.32. The Bertz CT molecular complexity index is 686. The zero-order valence-electron chi connectivity index (χ0n) is 16.2. The van der Waals surface area contributed by atoms with Gasteiger partial charge in [-0.1, -0.05) is 18.2 Å². The molecule has 1 aromatic carbocycles. The number of guanidine groups is 1. The van der Waals surface area contributed by atoms with E-state index in [1.54, 1.807) is 7.11 Å². The second-order valence-electron chi connectivity index (χ2n) is 6.72. The van der Waals surface area contributed by atoms with Crippen LogP contribution in [0.5, 0.6) is 0 Å². The predicted octanol–water partition coefficient (Wildman–Crippen LogP) is 3.24. The molecule has 0 bridgehead atoms. The van der Waals surface area contributed by atoms with Crippen molar-refractivity contribution in [3.63, 3.8) is 0 Å². The minimum atomic E-state index is 0. The van der Waals surface area contributed by atoms with Crippen molar-refractivity contribution >= 4 is 40.8 Å². The maximum absolute atomic E-state index is 5.69. The lowest BCUT2D eigenvalue weighted by Gasteiger charge is -2.21. The van der Waals surface area contributed by atoms with E-state index in [4.69, 9.17) is 14.5 Å². The Labute approximate surface area is 178 Å². The molecule has 1 unspecified atom stereocenters. The second-order valence-corrected chi connectivity index (χ2v) is 6.72. The quantitative estimate of drug-likeness (QED) is 0.260. The number of halogens is 1. The van der Waals surface area contributed by atoms with Gasteiger partial charge in [0.1, 0.15) is 0 Å². The SMILES string of the molecule is CCNC(=NCc1cc2ccccc2[nH]1)N1CCC(COCCOC)C1.I. The molecule has 0 saturated carbocycles. The first kappa shape index (κ1) is 22.0. The summed E-state index contributed by atoms with van der Waals surface area (Å²) in [6.45, 7) is 7.77. The highest BCUT2D eigenvalue weighted by Gasteiger charge is 2.24. The molecule has 0 amide bonds. The first-order chi connectivity index (χ1) is 12.8. The maximum Gasteiger partial charge on any atom is 0.194 e. The van der Waals surface area contributed by atoms with Crippen LogP contribution in [0.2, 0.25) is 0 Å². The van der Waals surface area contributed by atoms with Gasteiger partial charge >= 0.3 is 0 Å². The third-order valence-corrected chi connectivity index (χ3v) is 4.69. The lowest BCUT2D eigenvalue weighted by atomic mass is 10.1. The number of hydrogen-bond donors (Lipinski definition) is 2. The van der Waals surface area contributed by atoms with Crippen LogP contribution >= 0.6 is 24.0 Å². The zero-order chi connectivity index (χ0) is 18.2. The van der Waals surface area contributed by atoms with Gasteiger partial charge in [-0.2, -0.15) is 0 Å². The van der Waals surface area contributed by atoms with Gasteiger partial charge in [0, 0.05) is 43.9 Å². The van der Waals surface area contributed by atoms with Gasteiger partial charge < -0.3 is 24.7 Å². The van der Waals surface area contributed by atoms with Gasteiger partial charge in [-0.05, 0) is 30.9 Å². The fourth-order valence-corrected chi connectivity index (χ4v) is 3.36. The van der Waals surface area contributed by atoms with Gasteiger partial charge in [0.05, 0.1) is 26.4 Å². The first-order valence-corrected chi connectivity index (χ1v) is 9.46. The summed E-state index contributed by atoms with van der Waals surface area (Å²) in [4.78, 5) is 10.6. The predicted molar refractivity (Wildman–Crippen MR) is 121 cm³/mol. The van der Waals surface area contributed by atoms with Crippen LogP contribution in [0, 0.1) is 5.92 Å². The number of fused-ring (bicyclic) bond motifs is 1. The summed E-state index contributed by atoms with van der Waals surface area (Å²) in [5.74, 6) is 1.55. The summed E-state index contributed by atoms with van der Waals surface area (Å²) in [6, 6.07) is 10.5. The number of aromatic amines is 1. The molecule has 1 saturated heterocycles. The number of rotatable bonds is 8. The van der Waals surface area contributed by atoms with Crippen molar-refractivity contribution in [2.24, 2.45) is 10.9 Å². The van der Waals surface area contributed by atoms with E-state index in [1.807, 2.05) is 0 Å². The van der Waals surface area contributed by atoms with Crippen LogP contribution in [0.25, 0.3) is 10.9 Å². The molecule has 0 radical (unpaired) electrons. The van der Waals surface area contributed by atoms with E-state index in [0.29, 0.717) is 25.7 Å². The van der Waals surface area contributed by atoms with Crippen molar-refractivity contribution in [3.8, 4) is 0 Å². The van der Waals surface area contributed by atoms with Crippen LogP contribution in [0.3, 0.4) is 0 Å². The molecule has 2 heterocycles. The van der Waals surface area contributed by atoms with E-state index in [2.05, 4.69) is 52.5 Å². The molecule has 1 atom stereocenters. The van der Waals surface area contributed by atoms with Crippen LogP contribution in [0.15, 0.2) is 35.3 Å². The number of aromatic nitrogens is 1. The van der Waals surface area contributed by atoms with Crippen molar-refractivity contribution in [2.45, 2.75) is 19.9 Å². The fourth-order valence-electron chi connectivity index (χ4n) is 3.36. The second kappa shape index (κ2) is 11.5. The van der Waals surface area contributed by atoms with Crippen molar-refractivity contribution in [1.82, 2.24) is 15.2 Å². The third kappa shape index (κ3) is 6.36. The van der Waals surface area contributed by atoms with Crippen LogP contribution in [0.1, 0.15) is 19.0 Å². The topological polar surface area (TPSA) is 61.9 Å². The van der Waals surface area contributed by atoms with E-state index in [0.717, 1.165) is 49.8 Å². The third-order valence-electron chi connectivity index (χ3n) is 4.69. The standard InChI is InChI=1S/C20H30N4O2.HI/c1-3-21-20(24-9-8-16(14-24)15-26-11-10-25-2)22-13-18-12-17-6-4-5-7-19(17)23-18;/h4-7,12,16,23H,3,8-11,13-15H2,1-2H3,(H,21,22);1H. The van der Waals surface area contributed by atoms with Crippen LogP contribution in [0.4, 0.5) is 0 Å². The molecular formula is C20H31IN4O2. The number of para-hydroxylation sites is 1. The average Bonchev–Trinajstić information content (AvgIpc) is 3.29. The number of aliphatic imine (C=N–C) groups is 1. The summed E-state index contributed by atoms with van der Waals surface area (Å²) >= 11 is 0. The summed E-state index contributed by atoms with van der Waals surface area (Å²) in [6.07, 6.45) is 1.14. The Morgan fingerprint density at radius 1 is 1.33 bits per heavy atom. The monoisotopic (exact) mass is 486 g/mol. The van der Waals surface area contributed by atoms with Crippen LogP contribution in [-0.4, -0.2) is 62.4 Å². The average molecular weight is 486 g/mol. The van der Waals surface area contributed by atoms with E-state index in [-0.39, 0.29) is 24.0 Å². The summed E-state index contributed by atoms with van der Waals surface area (Å²) < 4.78 is 10.7. The van der Waals surface area contributed by atoms with Gasteiger partial charge in [0.15, 0.2) is 5.96 Å². The molecule has 2 N–H and O–H groups in total. The molecule has 2 aromatic rings. The number of H-pyrrole nitrogens is 1. The number of nitrogens with zero attached hydrogens (tertiary/aromatic N) is 2. The molecule has 0 aliphatic carbocycles. The fraction of sp³-hybridized carbons (Fsp3) is 0.550. The molecule has 7 heteroatoms. The number of ether oxygens (including phenoxy) is 2. The van der Waals surface area contributed by atoms with E-state index in [9.17, 15) is 0 Å². The molecule has 0 spiro atoms. The Morgan fingerprint density at radius 3 is 2.96 bits per heavy atom. The van der Waals surface area contributed by atoms with Crippen molar-refractivity contribution in [1.29, 1.82) is 0 Å². The molecule has 1 aromatic heterocycles. The highest BCUT2D eigenvalue weighted by Crippen LogP contribution is 2.18. The van der Waals surface area contributed by atoms with Crippen LogP contribution < -0.4 is 5.32 Å². The normalized spacial score (nSPS) is 17.3. The first-order valence-electron chi connectivity index (χ1n) is 9.46. The summed E-state index contributed by atoms with van der Waals surface area (Å²) in [5.41, 5.74) is 2.30. The molecule has 3 rings (SSSR count). The minimum absolute atomic E-state index is 0. The maximum atomic E-state index is 5.69. The van der Waals surface area contributed by atoms with Gasteiger partial charge in [-0.15, -0.1) is 24.0 Å². The van der Waals surface area contributed by atoms with Crippen LogP contribution in [-0.2, 0) is 16.0 Å². The lowest BCUT2D eigenvalue weighted by molar-refractivity contribution is 0.0536. The van der Waals surface area contributed by atoms with Gasteiger partial charge in [-0.3, -0.25) is 0 Å². The molecule has 1 aliphatic rings. The largest absolute Gasteiger partial charge is 0.382 e. The molecule has 27 heavy (non-hydrogen) atoms. The highest BCUT2D eigenvalue weighted by atomic mass is 127. The van der Waals surface area contributed by atoms with Crippen molar-refractivity contribution in [3.05, 3.63) is 36.0 Å². The molecule has 150 valence electrons. The van der Waals surface area contributed by atoms with Gasteiger partial charge in [0.2, 0.25) is 0 Å². The Balaban J connectivity index is 0.00000261. The smallest absolute Gasteiger partial charge is 0.194 e. The Morgan fingerprint density at radius 2 is 2.19 bits per heavy atom. The van der Waals surface area contributed by atoms with Crippen molar-refractivity contribution < 1.29 is 9.47 Å². The van der Waals surface area contributed by atoms with Gasteiger partial charge in [-0.25, -0.2) is 4.99 Å². The van der Waals surface area contributed by atoms with E-state index >= 15 is 0 Å². The van der Waals surface area contributed by atoms with Crippen molar-refractivity contribution in [2.75, 3.05) is 46.6 Å². The Kier molecular flexibility index (Phi) is 9.36. The number of hydrogen-bond acceptors (Lipinski definition) is 3. The number of methoxy groups -OCH3 is 1. The summed E-state index contributed by atoms with van der Waals surface area (Å²) in [7, 11) is 1.70. The molecule has 1 fully saturated rings. The number of likely N-dealkylation sites (tertiary alicyclic amines) is 1. The molecule has 6 nitrogen and oxygen atoms in total. The molecular weight excluding hydrogens is 455 g/mol. The number of benzene rings is 1. The minimum Gasteiger partial charge on any atom is -0.382 e. The van der Waals surface area contributed by atoms with E-state index in [1.165, 1.54) is 5.39 Å². The highest BCUT2D eigenvalue weighted by molar-refractivity contribution is 14.0. The number of nitrogens with one attached hydrogen (secondary N) is 2. The molecule has 1 aliphatic heterocycles.